The third-order valence-electron chi connectivity index (χ3n) is 2.10. The van der Waals surface area contributed by atoms with Gasteiger partial charge in [-0.15, -0.1) is 13.2 Å². The van der Waals surface area contributed by atoms with Crippen LogP contribution < -0.4 is 9.47 Å². The predicted octanol–water partition coefficient (Wildman–Crippen LogP) is 4.43. The van der Waals surface area contributed by atoms with Gasteiger partial charge in [0.2, 0.25) is 0 Å². The van der Waals surface area contributed by atoms with Crippen LogP contribution in [0.5, 0.6) is 11.5 Å². The van der Waals surface area contributed by atoms with E-state index in [0.29, 0.717) is 0 Å². The largest absolute Gasteiger partial charge is 0.573 e. The zero-order chi connectivity index (χ0) is 16.3. The molecule has 116 valence electrons. The maximum absolute atomic E-state index is 12.3. The van der Waals surface area contributed by atoms with Gasteiger partial charge in [-0.1, -0.05) is 0 Å². The number of hydrogen-bond acceptors (Lipinski definition) is 3. The number of hydrogen-bond donors (Lipinski definition) is 0. The van der Waals surface area contributed by atoms with Crippen molar-refractivity contribution in [1.82, 2.24) is 0 Å². The topological polar surface area (TPSA) is 42.2 Å². The molecule has 0 aromatic heterocycles. The van der Waals surface area contributed by atoms with Crippen molar-refractivity contribution in [3.63, 3.8) is 0 Å². The van der Waals surface area contributed by atoms with E-state index < -0.39 is 30.8 Å². The molecule has 1 rings (SSSR count). The lowest BCUT2D eigenvalue weighted by molar-refractivity contribution is -0.274. The lowest BCUT2D eigenvalue weighted by Gasteiger charge is -2.15. The molecular formula is C11H6BrF6NO2. The van der Waals surface area contributed by atoms with Gasteiger partial charge in [-0.3, -0.25) is 0 Å². The molecule has 0 radical (unpaired) electrons. The van der Waals surface area contributed by atoms with Crippen LogP contribution in [-0.2, 0) is 0 Å². The monoisotopic (exact) mass is 377 g/mol. The number of alkyl halides is 6. The summed E-state index contributed by atoms with van der Waals surface area (Å²) in [5.74, 6) is -3.04. The van der Waals surface area contributed by atoms with Gasteiger partial charge in [0.15, 0.2) is 5.92 Å². The zero-order valence-corrected chi connectivity index (χ0v) is 11.5. The Bertz CT molecular complexity index is 537. The zero-order valence-electron chi connectivity index (χ0n) is 9.93. The van der Waals surface area contributed by atoms with Crippen molar-refractivity contribution in [2.24, 2.45) is 5.92 Å². The first kappa shape index (κ1) is 17.4. The summed E-state index contributed by atoms with van der Waals surface area (Å²) >= 11 is 2.77. The number of halogens is 7. The van der Waals surface area contributed by atoms with E-state index in [9.17, 15) is 26.3 Å². The maximum atomic E-state index is 12.3. The highest BCUT2D eigenvalue weighted by Crippen LogP contribution is 2.34. The van der Waals surface area contributed by atoms with E-state index in [0.717, 1.165) is 24.3 Å². The van der Waals surface area contributed by atoms with Crippen molar-refractivity contribution in [3.05, 3.63) is 22.7 Å². The number of rotatable bonds is 4. The van der Waals surface area contributed by atoms with Crippen molar-refractivity contribution in [1.29, 1.82) is 5.26 Å². The van der Waals surface area contributed by atoms with Gasteiger partial charge in [0.05, 0.1) is 10.5 Å². The van der Waals surface area contributed by atoms with Gasteiger partial charge >= 0.3 is 12.5 Å². The molecule has 0 spiro atoms. The van der Waals surface area contributed by atoms with E-state index >= 15 is 0 Å². The molecule has 0 aliphatic carbocycles. The highest BCUT2D eigenvalue weighted by atomic mass is 79.9. The Kier molecular flexibility index (Phi) is 5.33. The molecule has 0 amide bonds. The Morgan fingerprint density at radius 2 is 1.81 bits per heavy atom. The minimum atomic E-state index is -4.90. The number of ether oxygens (including phenoxy) is 2. The minimum absolute atomic E-state index is 0.138. The van der Waals surface area contributed by atoms with Gasteiger partial charge in [0.1, 0.15) is 18.1 Å². The maximum Gasteiger partial charge on any atom is 0.573 e. The molecule has 0 heterocycles. The Morgan fingerprint density at radius 1 is 1.19 bits per heavy atom. The molecule has 10 heteroatoms. The van der Waals surface area contributed by atoms with Crippen LogP contribution in [0.2, 0.25) is 0 Å². The van der Waals surface area contributed by atoms with E-state index in [1.807, 2.05) is 0 Å². The van der Waals surface area contributed by atoms with Gasteiger partial charge in [0, 0.05) is 0 Å². The molecule has 0 fully saturated rings. The Hall–Kier alpha value is -1.63. The van der Waals surface area contributed by atoms with Gasteiger partial charge in [-0.25, -0.2) is 0 Å². The Morgan fingerprint density at radius 3 is 2.24 bits per heavy atom. The first-order valence-electron chi connectivity index (χ1n) is 5.17. The van der Waals surface area contributed by atoms with Crippen LogP contribution in [0, 0.1) is 17.2 Å². The molecule has 0 aliphatic heterocycles. The van der Waals surface area contributed by atoms with E-state index in [1.165, 1.54) is 0 Å². The minimum Gasteiger partial charge on any atom is -0.492 e. The average Bonchev–Trinajstić information content (AvgIpc) is 2.30. The molecule has 1 aromatic carbocycles. The smallest absolute Gasteiger partial charge is 0.492 e. The van der Waals surface area contributed by atoms with Crippen LogP contribution in [-0.4, -0.2) is 19.1 Å². The molecule has 0 saturated carbocycles. The summed E-state index contributed by atoms with van der Waals surface area (Å²) in [6, 6.07) is 3.91. The fourth-order valence-electron chi connectivity index (χ4n) is 1.16. The van der Waals surface area contributed by atoms with E-state index in [-0.39, 0.29) is 10.2 Å². The summed E-state index contributed by atoms with van der Waals surface area (Å²) in [5.41, 5.74) is 0. The SMILES string of the molecule is N#CC(COc1ccc(OC(F)(F)F)c(Br)c1)C(F)(F)F. The van der Waals surface area contributed by atoms with Crippen molar-refractivity contribution in [3.8, 4) is 17.6 Å². The molecule has 0 saturated heterocycles. The van der Waals surface area contributed by atoms with Crippen LogP contribution in [0.15, 0.2) is 22.7 Å². The molecule has 1 atom stereocenters. The molecule has 0 N–H and O–H groups in total. The summed E-state index contributed by atoms with van der Waals surface area (Å²) in [4.78, 5) is 0. The summed E-state index contributed by atoms with van der Waals surface area (Å²) in [7, 11) is 0. The van der Waals surface area contributed by atoms with Crippen molar-refractivity contribution in [2.75, 3.05) is 6.61 Å². The Balaban J connectivity index is 2.75. The highest BCUT2D eigenvalue weighted by Gasteiger charge is 2.40. The van der Waals surface area contributed by atoms with Crippen molar-refractivity contribution in [2.45, 2.75) is 12.5 Å². The van der Waals surface area contributed by atoms with Gasteiger partial charge < -0.3 is 9.47 Å². The lowest BCUT2D eigenvalue weighted by Crippen LogP contribution is -2.27. The summed E-state index contributed by atoms with van der Waals surface area (Å²) in [5, 5.41) is 8.36. The second-order valence-corrected chi connectivity index (χ2v) is 4.53. The first-order chi connectivity index (χ1) is 9.53. The molecule has 0 bridgehead atoms. The second kappa shape index (κ2) is 6.43. The average molecular weight is 378 g/mol. The number of nitriles is 1. The van der Waals surface area contributed by atoms with Gasteiger partial charge in [-0.05, 0) is 34.1 Å². The van der Waals surface area contributed by atoms with Crippen LogP contribution in [0.25, 0.3) is 0 Å². The summed E-state index contributed by atoms with van der Waals surface area (Å²) in [6.07, 6.45) is -9.64. The molecule has 0 aliphatic rings. The third kappa shape index (κ3) is 5.71. The summed E-state index contributed by atoms with van der Waals surface area (Å²) < 4.78 is 81.2. The van der Waals surface area contributed by atoms with Crippen LogP contribution in [0.1, 0.15) is 0 Å². The van der Waals surface area contributed by atoms with E-state index in [2.05, 4.69) is 20.7 Å². The molecule has 1 unspecified atom stereocenters. The van der Waals surface area contributed by atoms with E-state index in [4.69, 9.17) is 10.00 Å². The fourth-order valence-corrected chi connectivity index (χ4v) is 1.60. The van der Waals surface area contributed by atoms with Crippen LogP contribution in [0.4, 0.5) is 26.3 Å². The van der Waals surface area contributed by atoms with E-state index in [1.54, 1.807) is 0 Å². The quantitative estimate of drug-likeness (QED) is 0.729. The van der Waals surface area contributed by atoms with Crippen molar-refractivity contribution < 1.29 is 35.8 Å². The second-order valence-electron chi connectivity index (χ2n) is 3.67. The third-order valence-corrected chi connectivity index (χ3v) is 2.72. The fraction of sp³-hybridized carbons (Fsp3) is 0.364. The molecular weight excluding hydrogens is 372 g/mol. The van der Waals surface area contributed by atoms with Gasteiger partial charge in [0.25, 0.3) is 0 Å². The Labute approximate surface area is 123 Å². The van der Waals surface area contributed by atoms with Gasteiger partial charge in [-0.2, -0.15) is 18.4 Å². The first-order valence-corrected chi connectivity index (χ1v) is 5.96. The normalized spacial score (nSPS) is 13.4. The molecule has 3 nitrogen and oxygen atoms in total. The lowest BCUT2D eigenvalue weighted by atomic mass is 10.2. The van der Waals surface area contributed by atoms with Crippen LogP contribution >= 0.6 is 15.9 Å². The number of benzene rings is 1. The predicted molar refractivity (Wildman–Crippen MR) is 61.5 cm³/mol. The molecule has 1 aromatic rings. The highest BCUT2D eigenvalue weighted by molar-refractivity contribution is 9.10. The molecule has 21 heavy (non-hydrogen) atoms. The van der Waals surface area contributed by atoms with Crippen molar-refractivity contribution >= 4 is 15.9 Å². The standard InChI is InChI=1S/C11H6BrF6NO2/c12-8-3-7(1-2-9(8)21-11(16,17)18)20-5-6(4-19)10(13,14)15/h1-3,6H,5H2. The summed E-state index contributed by atoms with van der Waals surface area (Å²) in [6.45, 7) is -0.966. The van der Waals surface area contributed by atoms with Crippen LogP contribution in [0.3, 0.4) is 0 Å². The number of nitrogens with zero attached hydrogens (tertiary/aromatic N) is 1.